The van der Waals surface area contributed by atoms with Gasteiger partial charge in [0, 0.05) is 31.7 Å². The van der Waals surface area contributed by atoms with Gasteiger partial charge in [-0.15, -0.1) is 11.3 Å². The summed E-state index contributed by atoms with van der Waals surface area (Å²) in [6, 6.07) is 8.78. The number of hydrogen-bond donors (Lipinski definition) is 0. The number of rotatable bonds is 6. The van der Waals surface area contributed by atoms with Crippen LogP contribution in [0.1, 0.15) is 5.89 Å². The molecular weight excluding hydrogens is 471 g/mol. The fourth-order valence-electron chi connectivity index (χ4n) is 3.14. The van der Waals surface area contributed by atoms with Crippen LogP contribution in [0.25, 0.3) is 11.4 Å². The van der Waals surface area contributed by atoms with E-state index in [0.717, 1.165) is 22.6 Å². The third-order valence-electron chi connectivity index (χ3n) is 4.75. The van der Waals surface area contributed by atoms with Gasteiger partial charge in [-0.1, -0.05) is 28.4 Å². The molecule has 1 aromatic carbocycles. The highest BCUT2D eigenvalue weighted by atomic mass is 35.5. The number of piperazine rings is 1. The van der Waals surface area contributed by atoms with Crippen LogP contribution in [-0.2, 0) is 16.6 Å². The summed E-state index contributed by atoms with van der Waals surface area (Å²) in [7, 11) is -2.06. The van der Waals surface area contributed by atoms with E-state index in [1.54, 1.807) is 7.11 Å². The van der Waals surface area contributed by atoms with Gasteiger partial charge in [0.15, 0.2) is 0 Å². The fourth-order valence-corrected chi connectivity index (χ4v) is 6.67. The molecule has 0 radical (unpaired) electrons. The molecule has 1 saturated heterocycles. The Morgan fingerprint density at radius 3 is 2.47 bits per heavy atom. The Labute approximate surface area is 188 Å². The van der Waals surface area contributed by atoms with E-state index in [0.29, 0.717) is 48.8 Å². The minimum Gasteiger partial charge on any atom is -0.497 e. The lowest BCUT2D eigenvalue weighted by atomic mass is 10.2. The summed E-state index contributed by atoms with van der Waals surface area (Å²) in [5, 5.41) is 4.03. The zero-order valence-electron chi connectivity index (χ0n) is 15.9. The molecule has 30 heavy (non-hydrogen) atoms. The van der Waals surface area contributed by atoms with Crippen molar-refractivity contribution in [3.63, 3.8) is 0 Å². The summed E-state index contributed by atoms with van der Waals surface area (Å²) in [5.74, 6) is 1.73. The van der Waals surface area contributed by atoms with E-state index >= 15 is 0 Å². The van der Waals surface area contributed by atoms with E-state index in [1.807, 2.05) is 24.3 Å². The molecule has 3 aromatic rings. The first kappa shape index (κ1) is 21.5. The summed E-state index contributed by atoms with van der Waals surface area (Å²) in [5.41, 5.74) is 0.827. The molecule has 160 valence electrons. The van der Waals surface area contributed by atoms with Gasteiger partial charge in [-0.3, -0.25) is 4.90 Å². The molecule has 0 atom stereocenters. The molecule has 2 aromatic heterocycles. The van der Waals surface area contributed by atoms with Crippen LogP contribution in [-0.4, -0.2) is 61.1 Å². The number of hydrogen-bond acceptors (Lipinski definition) is 8. The van der Waals surface area contributed by atoms with Gasteiger partial charge >= 0.3 is 0 Å². The molecule has 0 saturated carbocycles. The monoisotopic (exact) mass is 488 g/mol. The van der Waals surface area contributed by atoms with Crippen molar-refractivity contribution in [3.05, 3.63) is 44.9 Å². The van der Waals surface area contributed by atoms with Crippen molar-refractivity contribution in [2.24, 2.45) is 0 Å². The van der Waals surface area contributed by atoms with Crippen molar-refractivity contribution < 1.29 is 17.7 Å². The van der Waals surface area contributed by atoms with E-state index in [9.17, 15) is 8.42 Å². The Morgan fingerprint density at radius 2 is 1.87 bits per heavy atom. The molecule has 4 rings (SSSR count). The lowest BCUT2D eigenvalue weighted by molar-refractivity contribution is 0.163. The van der Waals surface area contributed by atoms with Crippen LogP contribution >= 0.6 is 34.5 Å². The maximum Gasteiger partial charge on any atom is 0.245 e. The van der Waals surface area contributed by atoms with Crippen LogP contribution in [0.15, 0.2) is 39.8 Å². The summed E-state index contributed by atoms with van der Waals surface area (Å²) >= 11 is 13.0. The Bertz CT molecular complexity index is 1120. The van der Waals surface area contributed by atoms with Gasteiger partial charge in [0.05, 0.1) is 18.0 Å². The number of nitrogens with zero attached hydrogens (tertiary/aromatic N) is 4. The molecule has 1 aliphatic heterocycles. The van der Waals surface area contributed by atoms with E-state index in [-0.39, 0.29) is 9.23 Å². The van der Waals surface area contributed by atoms with Gasteiger partial charge in [-0.05, 0) is 30.3 Å². The van der Waals surface area contributed by atoms with Crippen LogP contribution in [0.4, 0.5) is 0 Å². The summed E-state index contributed by atoms with van der Waals surface area (Å²) in [6.07, 6.45) is 0. The van der Waals surface area contributed by atoms with Crippen molar-refractivity contribution >= 4 is 44.6 Å². The highest BCUT2D eigenvalue weighted by Gasteiger charge is 2.31. The molecule has 0 N–H and O–H groups in total. The van der Waals surface area contributed by atoms with E-state index in [2.05, 4.69) is 15.0 Å². The van der Waals surface area contributed by atoms with Crippen LogP contribution in [0.5, 0.6) is 5.75 Å². The number of benzene rings is 1. The third kappa shape index (κ3) is 4.48. The number of aromatic nitrogens is 2. The first-order valence-corrected chi connectivity index (χ1v) is 12.0. The highest BCUT2D eigenvalue weighted by molar-refractivity contribution is 7.89. The molecule has 1 aliphatic rings. The number of methoxy groups -OCH3 is 1. The summed E-state index contributed by atoms with van der Waals surface area (Å²) in [4.78, 5) is 6.57. The quantitative estimate of drug-likeness (QED) is 0.523. The molecule has 0 spiro atoms. The maximum absolute atomic E-state index is 12.8. The largest absolute Gasteiger partial charge is 0.497 e. The lowest BCUT2D eigenvalue weighted by Gasteiger charge is -2.32. The molecule has 0 unspecified atom stereocenters. The molecule has 8 nitrogen and oxygen atoms in total. The first-order valence-electron chi connectivity index (χ1n) is 9.01. The number of thiophene rings is 1. The highest BCUT2D eigenvalue weighted by Crippen LogP contribution is 2.36. The Balaban J connectivity index is 1.37. The van der Waals surface area contributed by atoms with Gasteiger partial charge in [-0.2, -0.15) is 9.29 Å². The minimum absolute atomic E-state index is 0.0636. The van der Waals surface area contributed by atoms with Crippen molar-refractivity contribution in [1.29, 1.82) is 0 Å². The molecule has 12 heteroatoms. The minimum atomic E-state index is -3.67. The normalized spacial score (nSPS) is 16.1. The topological polar surface area (TPSA) is 88.8 Å². The van der Waals surface area contributed by atoms with Gasteiger partial charge in [0.25, 0.3) is 0 Å². The molecule has 3 heterocycles. The van der Waals surface area contributed by atoms with Crippen LogP contribution in [0.3, 0.4) is 0 Å². The van der Waals surface area contributed by atoms with Crippen LogP contribution in [0.2, 0.25) is 8.67 Å². The maximum atomic E-state index is 12.8. The second-order valence-corrected chi connectivity index (χ2v) is 10.8. The summed E-state index contributed by atoms with van der Waals surface area (Å²) in [6.45, 7) is 2.20. The van der Waals surface area contributed by atoms with E-state index in [1.165, 1.54) is 10.4 Å². The molecule has 0 amide bonds. The van der Waals surface area contributed by atoms with Crippen molar-refractivity contribution in [2.75, 3.05) is 33.3 Å². The molecule has 0 bridgehead atoms. The van der Waals surface area contributed by atoms with Crippen molar-refractivity contribution in [2.45, 2.75) is 11.4 Å². The second-order valence-electron chi connectivity index (χ2n) is 6.61. The number of ether oxygens (including phenoxy) is 1. The molecular formula is C18H18Cl2N4O4S2. The predicted molar refractivity (Wildman–Crippen MR) is 115 cm³/mol. The standard InChI is InChI=1S/C18H18Cl2N4O4S2/c1-27-13-4-2-12(3-5-13)18-21-16(28-22-18)11-23-6-8-24(9-7-23)30(25,26)14-10-15(19)29-17(14)20/h2-5,10H,6-9,11H2,1H3. The number of halogens is 2. The summed E-state index contributed by atoms with van der Waals surface area (Å²) < 4.78 is 38.1. The average Bonchev–Trinajstić information content (AvgIpc) is 3.34. The first-order chi connectivity index (χ1) is 14.4. The second kappa shape index (κ2) is 8.81. The Morgan fingerprint density at radius 1 is 1.17 bits per heavy atom. The average molecular weight is 489 g/mol. The van der Waals surface area contributed by atoms with Crippen molar-refractivity contribution in [3.8, 4) is 17.1 Å². The Kier molecular flexibility index (Phi) is 6.33. The smallest absolute Gasteiger partial charge is 0.245 e. The van der Waals surface area contributed by atoms with E-state index in [4.69, 9.17) is 32.5 Å². The predicted octanol–water partition coefficient (Wildman–Crippen LogP) is 3.62. The van der Waals surface area contributed by atoms with E-state index < -0.39 is 10.0 Å². The van der Waals surface area contributed by atoms with Gasteiger partial charge < -0.3 is 9.26 Å². The molecule has 1 fully saturated rings. The van der Waals surface area contributed by atoms with Gasteiger partial charge in [0.2, 0.25) is 21.7 Å². The fraction of sp³-hybridized carbons (Fsp3) is 0.333. The van der Waals surface area contributed by atoms with Crippen LogP contribution in [0, 0.1) is 0 Å². The zero-order chi connectivity index (χ0) is 21.3. The lowest BCUT2D eigenvalue weighted by Crippen LogP contribution is -2.48. The van der Waals surface area contributed by atoms with Crippen molar-refractivity contribution in [1.82, 2.24) is 19.3 Å². The Hall–Kier alpha value is -1.69. The van der Waals surface area contributed by atoms with Gasteiger partial charge in [0.1, 0.15) is 15.0 Å². The molecule has 0 aliphatic carbocycles. The third-order valence-corrected chi connectivity index (χ3v) is 8.40. The SMILES string of the molecule is COc1ccc(-c2noc(CN3CCN(S(=O)(=O)c4cc(Cl)sc4Cl)CC3)n2)cc1. The van der Waals surface area contributed by atoms with Gasteiger partial charge in [-0.25, -0.2) is 8.42 Å². The number of sulfonamides is 1. The zero-order valence-corrected chi connectivity index (χ0v) is 19.1. The van der Waals surface area contributed by atoms with Crippen LogP contribution < -0.4 is 4.74 Å².